The Morgan fingerprint density at radius 1 is 1.17 bits per heavy atom. The molecule has 0 saturated heterocycles. The van der Waals surface area contributed by atoms with E-state index >= 15 is 0 Å². The molecule has 6 nitrogen and oxygen atoms in total. The second-order valence-corrected chi connectivity index (χ2v) is 9.24. The molecular formula is C20H18ClFN2O4S2. The van der Waals surface area contributed by atoms with E-state index in [1.165, 1.54) is 48.5 Å². The minimum Gasteiger partial charge on any atom is -0.463 e. The molecule has 10 heteroatoms. The Bertz CT molecular complexity index is 1100. The lowest BCUT2D eigenvalue weighted by atomic mass is 9.95. The van der Waals surface area contributed by atoms with E-state index in [2.05, 4.69) is 10.6 Å². The molecule has 1 atom stereocenters. The highest BCUT2D eigenvalue weighted by Crippen LogP contribution is 2.29. The summed E-state index contributed by atoms with van der Waals surface area (Å²) in [5.74, 6) is -1.65. The third-order valence-corrected chi connectivity index (χ3v) is 6.49. The summed E-state index contributed by atoms with van der Waals surface area (Å²) in [6.07, 6.45) is 0. The van der Waals surface area contributed by atoms with Gasteiger partial charge in [-0.05, 0) is 61.1 Å². The molecule has 0 aromatic heterocycles. The number of ether oxygens (including phenoxy) is 1. The summed E-state index contributed by atoms with van der Waals surface area (Å²) in [4.78, 5) is 12.8. The zero-order chi connectivity index (χ0) is 21.9. The van der Waals surface area contributed by atoms with E-state index in [1.807, 2.05) is 0 Å². The molecular weight excluding hydrogens is 451 g/mol. The van der Waals surface area contributed by atoms with Gasteiger partial charge in [-0.15, -0.1) is 0 Å². The highest BCUT2D eigenvalue weighted by molar-refractivity contribution is 7.91. The Morgan fingerprint density at radius 3 is 2.40 bits per heavy atom. The largest absolute Gasteiger partial charge is 0.463 e. The van der Waals surface area contributed by atoms with Crippen LogP contribution in [0, 0.1) is 5.82 Å². The standard InChI is InChI=1S/C20H18ClFN2O4S2/c1-2-28-19(25)17-16(11-30(26,27)15-9-5-13(21)6-10-15)23-20(29)24-18(17)12-3-7-14(22)8-4-12/h3-10,18H,2,11H2,1H3,(H2,23,24,29). The summed E-state index contributed by atoms with van der Waals surface area (Å²) in [6, 6.07) is 10.4. The van der Waals surface area contributed by atoms with Crippen molar-refractivity contribution in [1.29, 1.82) is 0 Å². The lowest BCUT2D eigenvalue weighted by Gasteiger charge is -2.31. The molecule has 0 radical (unpaired) electrons. The second-order valence-electron chi connectivity index (χ2n) is 6.41. The predicted molar refractivity (Wildman–Crippen MR) is 115 cm³/mol. The minimum atomic E-state index is -3.83. The molecule has 0 fully saturated rings. The van der Waals surface area contributed by atoms with Crippen molar-refractivity contribution in [2.24, 2.45) is 0 Å². The quantitative estimate of drug-likeness (QED) is 0.497. The maximum atomic E-state index is 13.4. The van der Waals surface area contributed by atoms with Gasteiger partial charge in [-0.25, -0.2) is 17.6 Å². The maximum absolute atomic E-state index is 13.4. The van der Waals surface area contributed by atoms with Crippen molar-refractivity contribution in [3.8, 4) is 0 Å². The average molecular weight is 469 g/mol. The van der Waals surface area contributed by atoms with Gasteiger partial charge in [-0.2, -0.15) is 0 Å². The fraction of sp³-hybridized carbons (Fsp3) is 0.200. The van der Waals surface area contributed by atoms with E-state index in [0.717, 1.165) is 0 Å². The van der Waals surface area contributed by atoms with Gasteiger partial charge in [0.1, 0.15) is 5.82 Å². The maximum Gasteiger partial charge on any atom is 0.338 e. The summed E-state index contributed by atoms with van der Waals surface area (Å²) in [5.41, 5.74) is 0.695. The molecule has 2 aromatic rings. The lowest BCUT2D eigenvalue weighted by Crippen LogP contribution is -2.47. The smallest absolute Gasteiger partial charge is 0.338 e. The van der Waals surface area contributed by atoms with Crippen LogP contribution in [0.25, 0.3) is 0 Å². The Hall–Kier alpha value is -2.49. The van der Waals surface area contributed by atoms with E-state index in [0.29, 0.717) is 10.6 Å². The van der Waals surface area contributed by atoms with Crippen molar-refractivity contribution in [3.05, 3.63) is 76.2 Å². The first-order chi connectivity index (χ1) is 14.2. The number of benzene rings is 2. The van der Waals surface area contributed by atoms with Crippen molar-refractivity contribution in [1.82, 2.24) is 10.6 Å². The van der Waals surface area contributed by atoms with Gasteiger partial charge < -0.3 is 15.4 Å². The van der Waals surface area contributed by atoms with E-state index in [4.69, 9.17) is 28.6 Å². The van der Waals surface area contributed by atoms with Crippen LogP contribution in [-0.4, -0.2) is 31.9 Å². The van der Waals surface area contributed by atoms with Crippen molar-refractivity contribution < 1.29 is 22.3 Å². The summed E-state index contributed by atoms with van der Waals surface area (Å²) in [6.45, 7) is 1.74. The fourth-order valence-corrected chi connectivity index (χ4v) is 4.69. The molecule has 3 rings (SSSR count). The number of sulfone groups is 1. The van der Waals surface area contributed by atoms with E-state index in [1.54, 1.807) is 6.92 Å². The molecule has 2 aromatic carbocycles. The van der Waals surface area contributed by atoms with Gasteiger partial charge in [0, 0.05) is 10.7 Å². The van der Waals surface area contributed by atoms with E-state index in [-0.39, 0.29) is 27.9 Å². The van der Waals surface area contributed by atoms with Crippen LogP contribution in [0.5, 0.6) is 0 Å². The number of carbonyl (C=O) groups excluding carboxylic acids is 1. The van der Waals surface area contributed by atoms with Crippen molar-refractivity contribution >= 4 is 44.7 Å². The molecule has 0 spiro atoms. The van der Waals surface area contributed by atoms with Crippen molar-refractivity contribution in [2.45, 2.75) is 17.9 Å². The molecule has 2 N–H and O–H groups in total. The number of hydrogen-bond donors (Lipinski definition) is 2. The van der Waals surface area contributed by atoms with Crippen molar-refractivity contribution in [2.75, 3.05) is 12.4 Å². The van der Waals surface area contributed by atoms with Gasteiger partial charge in [0.2, 0.25) is 0 Å². The molecule has 1 unspecified atom stereocenters. The molecule has 0 amide bonds. The molecule has 1 aliphatic heterocycles. The second kappa shape index (κ2) is 9.11. The molecule has 1 heterocycles. The highest BCUT2D eigenvalue weighted by atomic mass is 35.5. The number of hydrogen-bond acceptors (Lipinski definition) is 5. The van der Waals surface area contributed by atoms with Crippen LogP contribution in [0.1, 0.15) is 18.5 Å². The minimum absolute atomic E-state index is 0.0483. The first-order valence-electron chi connectivity index (χ1n) is 8.92. The molecule has 158 valence electrons. The number of halogens is 2. The monoisotopic (exact) mass is 468 g/mol. The summed E-state index contributed by atoms with van der Waals surface area (Å²) >= 11 is 11.1. The van der Waals surface area contributed by atoms with E-state index < -0.39 is 33.4 Å². The average Bonchev–Trinajstić information content (AvgIpc) is 2.68. The van der Waals surface area contributed by atoms with Crippen LogP contribution in [-0.2, 0) is 19.4 Å². The van der Waals surface area contributed by atoms with Crippen LogP contribution >= 0.6 is 23.8 Å². The third-order valence-electron chi connectivity index (χ3n) is 4.36. The van der Waals surface area contributed by atoms with Crippen LogP contribution in [0.15, 0.2) is 64.7 Å². The SMILES string of the molecule is CCOC(=O)C1=C(CS(=O)(=O)c2ccc(Cl)cc2)NC(=S)NC1c1ccc(F)cc1. The zero-order valence-corrected chi connectivity index (χ0v) is 18.2. The van der Waals surface area contributed by atoms with Gasteiger partial charge in [-0.1, -0.05) is 23.7 Å². The normalized spacial score (nSPS) is 16.6. The molecule has 0 bridgehead atoms. The van der Waals surface area contributed by atoms with Crippen LogP contribution in [0.2, 0.25) is 5.02 Å². The lowest BCUT2D eigenvalue weighted by molar-refractivity contribution is -0.139. The topological polar surface area (TPSA) is 84.5 Å². The first-order valence-corrected chi connectivity index (χ1v) is 11.4. The zero-order valence-electron chi connectivity index (χ0n) is 15.8. The number of rotatable bonds is 6. The molecule has 30 heavy (non-hydrogen) atoms. The van der Waals surface area contributed by atoms with Crippen molar-refractivity contribution in [3.63, 3.8) is 0 Å². The Morgan fingerprint density at radius 2 is 1.80 bits per heavy atom. The molecule has 0 aliphatic carbocycles. The fourth-order valence-electron chi connectivity index (χ4n) is 3.00. The number of thiocarbonyl (C=S) groups is 1. The summed E-state index contributed by atoms with van der Waals surface area (Å²) in [7, 11) is -3.83. The Labute approximate surface area is 184 Å². The van der Waals surface area contributed by atoms with Gasteiger partial charge >= 0.3 is 5.97 Å². The van der Waals surface area contributed by atoms with Crippen LogP contribution in [0.3, 0.4) is 0 Å². The number of esters is 1. The molecule has 0 saturated carbocycles. The first kappa shape index (κ1) is 22.2. The van der Waals surface area contributed by atoms with Crippen LogP contribution in [0.4, 0.5) is 4.39 Å². The van der Waals surface area contributed by atoms with Gasteiger partial charge in [0.15, 0.2) is 14.9 Å². The van der Waals surface area contributed by atoms with Gasteiger partial charge in [0.25, 0.3) is 0 Å². The summed E-state index contributed by atoms with van der Waals surface area (Å²) < 4.78 is 44.4. The van der Waals surface area contributed by atoms with Gasteiger partial charge in [-0.3, -0.25) is 0 Å². The Balaban J connectivity index is 2.08. The number of carbonyl (C=O) groups is 1. The Kier molecular flexibility index (Phi) is 6.74. The highest BCUT2D eigenvalue weighted by Gasteiger charge is 2.34. The predicted octanol–water partition coefficient (Wildman–Crippen LogP) is 3.29. The van der Waals surface area contributed by atoms with Crippen LogP contribution < -0.4 is 10.6 Å². The van der Waals surface area contributed by atoms with Gasteiger partial charge in [0.05, 0.1) is 28.9 Å². The van der Waals surface area contributed by atoms with E-state index in [9.17, 15) is 17.6 Å². The summed E-state index contributed by atoms with van der Waals surface area (Å²) in [5, 5.41) is 6.24. The molecule has 1 aliphatic rings. The number of nitrogens with one attached hydrogen (secondary N) is 2. The third kappa shape index (κ3) is 4.97.